The number of thioether (sulfide) groups is 1. The van der Waals surface area contributed by atoms with Crippen LogP contribution >= 0.6 is 23.4 Å². The Labute approximate surface area is 188 Å². The lowest BCUT2D eigenvalue weighted by molar-refractivity contribution is -0.129. The van der Waals surface area contributed by atoms with Gasteiger partial charge in [0.05, 0.1) is 17.1 Å². The molecule has 3 heterocycles. The molecule has 3 aromatic rings. The maximum atomic E-state index is 12.7. The first-order chi connectivity index (χ1) is 14.9. The summed E-state index contributed by atoms with van der Waals surface area (Å²) in [5.41, 5.74) is 2.49. The zero-order chi connectivity index (χ0) is 22.0. The predicted octanol–water partition coefficient (Wildman–Crippen LogP) is 2.60. The molecule has 1 aliphatic heterocycles. The summed E-state index contributed by atoms with van der Waals surface area (Å²) < 4.78 is 6.85. The summed E-state index contributed by atoms with van der Waals surface area (Å²) in [7, 11) is 0. The number of carbonyl (C=O) groups is 2. The average Bonchev–Trinajstić information content (AvgIpc) is 3.42. The molecule has 0 radical (unpaired) electrons. The van der Waals surface area contributed by atoms with Crippen LogP contribution in [0.4, 0.5) is 0 Å². The minimum atomic E-state index is -0.202. The van der Waals surface area contributed by atoms with Gasteiger partial charge in [-0.05, 0) is 31.5 Å². The van der Waals surface area contributed by atoms with Crippen LogP contribution in [0, 0.1) is 13.8 Å². The summed E-state index contributed by atoms with van der Waals surface area (Å²) >= 11 is 7.55. The van der Waals surface area contributed by atoms with Crippen molar-refractivity contribution in [3.8, 4) is 5.69 Å². The fourth-order valence-corrected chi connectivity index (χ4v) is 4.23. The van der Waals surface area contributed by atoms with Gasteiger partial charge in [-0.2, -0.15) is 0 Å². The summed E-state index contributed by atoms with van der Waals surface area (Å²) in [4.78, 5) is 28.6. The van der Waals surface area contributed by atoms with Gasteiger partial charge in [0.15, 0.2) is 5.16 Å². The Kier molecular flexibility index (Phi) is 6.28. The number of amides is 2. The summed E-state index contributed by atoms with van der Waals surface area (Å²) in [5.74, 6) is 0.243. The van der Waals surface area contributed by atoms with Crippen molar-refractivity contribution in [3.63, 3.8) is 0 Å². The van der Waals surface area contributed by atoms with E-state index in [2.05, 4.69) is 15.4 Å². The third-order valence-corrected chi connectivity index (χ3v) is 6.37. The van der Waals surface area contributed by atoms with Crippen molar-refractivity contribution < 1.29 is 14.1 Å². The fourth-order valence-electron chi connectivity index (χ4n) is 3.23. The molecule has 1 saturated heterocycles. The number of piperazine rings is 1. The third kappa shape index (κ3) is 4.75. The summed E-state index contributed by atoms with van der Waals surface area (Å²) in [5, 5.41) is 13.1. The molecule has 31 heavy (non-hydrogen) atoms. The number of nitrogens with zero attached hydrogens (tertiary/aromatic N) is 6. The molecular weight excluding hydrogens is 440 g/mol. The Hall–Kier alpha value is -2.85. The van der Waals surface area contributed by atoms with E-state index in [0.717, 1.165) is 11.3 Å². The van der Waals surface area contributed by atoms with Crippen molar-refractivity contribution >= 4 is 35.2 Å². The van der Waals surface area contributed by atoms with E-state index >= 15 is 0 Å². The van der Waals surface area contributed by atoms with Crippen LogP contribution in [0.15, 0.2) is 40.3 Å². The number of rotatable bonds is 5. The van der Waals surface area contributed by atoms with Crippen molar-refractivity contribution in [3.05, 3.63) is 52.6 Å². The minimum absolute atomic E-state index is 0.0101. The van der Waals surface area contributed by atoms with Crippen molar-refractivity contribution in [2.45, 2.75) is 19.0 Å². The maximum Gasteiger partial charge on any atom is 0.292 e. The molecule has 162 valence electrons. The van der Waals surface area contributed by atoms with E-state index in [1.165, 1.54) is 11.8 Å². The van der Waals surface area contributed by atoms with Crippen LogP contribution in [-0.4, -0.2) is 73.5 Å². The van der Waals surface area contributed by atoms with E-state index in [1.54, 1.807) is 33.7 Å². The standard InChI is InChI=1S/C20H21ClN6O3S/c1-13-3-4-15(10-16(13)21)27-12-22-23-20(27)31-11-18(28)25-5-7-26(8-6-25)19(29)17-9-14(2)24-30-17/h3-4,9-10,12H,5-8,11H2,1-2H3. The molecule has 11 heteroatoms. The Balaban J connectivity index is 1.32. The van der Waals surface area contributed by atoms with Crippen LogP contribution in [0.5, 0.6) is 0 Å². The first kappa shape index (κ1) is 21.4. The first-order valence-electron chi connectivity index (χ1n) is 9.72. The van der Waals surface area contributed by atoms with Gasteiger partial charge in [0.2, 0.25) is 11.7 Å². The molecule has 1 aromatic carbocycles. The molecule has 2 aromatic heterocycles. The van der Waals surface area contributed by atoms with Crippen LogP contribution in [0.25, 0.3) is 5.69 Å². The molecular formula is C20H21ClN6O3S. The zero-order valence-electron chi connectivity index (χ0n) is 17.1. The number of hydrogen-bond donors (Lipinski definition) is 0. The summed E-state index contributed by atoms with van der Waals surface area (Å²) in [6.07, 6.45) is 1.60. The van der Waals surface area contributed by atoms with E-state index in [-0.39, 0.29) is 23.3 Å². The Morgan fingerprint density at radius 2 is 1.87 bits per heavy atom. The number of hydrogen-bond acceptors (Lipinski definition) is 7. The number of halogens is 1. The highest BCUT2D eigenvalue weighted by Gasteiger charge is 2.27. The van der Waals surface area contributed by atoms with Gasteiger partial charge in [-0.3, -0.25) is 14.2 Å². The Morgan fingerprint density at radius 3 is 2.55 bits per heavy atom. The lowest BCUT2D eigenvalue weighted by atomic mass is 10.2. The van der Waals surface area contributed by atoms with Crippen LogP contribution in [0.1, 0.15) is 21.8 Å². The van der Waals surface area contributed by atoms with Gasteiger partial charge in [-0.25, -0.2) is 0 Å². The highest BCUT2D eigenvalue weighted by atomic mass is 35.5. The second kappa shape index (κ2) is 9.11. The number of aryl methyl sites for hydroxylation is 2. The fraction of sp³-hybridized carbons (Fsp3) is 0.350. The Bertz CT molecular complexity index is 1110. The molecule has 4 rings (SSSR count). The average molecular weight is 461 g/mol. The van der Waals surface area contributed by atoms with Crippen molar-refractivity contribution in [2.24, 2.45) is 0 Å². The highest BCUT2D eigenvalue weighted by Crippen LogP contribution is 2.24. The zero-order valence-corrected chi connectivity index (χ0v) is 18.7. The molecule has 1 fully saturated rings. The molecule has 9 nitrogen and oxygen atoms in total. The molecule has 0 spiro atoms. The molecule has 0 saturated carbocycles. The van der Waals surface area contributed by atoms with Crippen LogP contribution in [0.3, 0.4) is 0 Å². The molecule has 2 amide bonds. The van der Waals surface area contributed by atoms with E-state index in [0.29, 0.717) is 42.1 Å². The van der Waals surface area contributed by atoms with Crippen molar-refractivity contribution in [1.82, 2.24) is 29.7 Å². The summed E-state index contributed by atoms with van der Waals surface area (Å²) in [6.45, 7) is 5.55. The number of carbonyl (C=O) groups excluding carboxylic acids is 2. The third-order valence-electron chi connectivity index (χ3n) is 5.03. The smallest absolute Gasteiger partial charge is 0.292 e. The monoisotopic (exact) mass is 460 g/mol. The number of benzene rings is 1. The normalized spacial score (nSPS) is 14.2. The molecule has 0 bridgehead atoms. The van der Waals surface area contributed by atoms with E-state index in [9.17, 15) is 9.59 Å². The van der Waals surface area contributed by atoms with Gasteiger partial charge < -0.3 is 14.3 Å². The van der Waals surface area contributed by atoms with Gasteiger partial charge in [-0.15, -0.1) is 10.2 Å². The van der Waals surface area contributed by atoms with Crippen LogP contribution in [-0.2, 0) is 4.79 Å². The number of aromatic nitrogens is 4. The van der Waals surface area contributed by atoms with Gasteiger partial charge in [0.25, 0.3) is 5.91 Å². The SMILES string of the molecule is Cc1cc(C(=O)N2CCN(C(=O)CSc3nncn3-c3ccc(C)c(Cl)c3)CC2)on1. The van der Waals surface area contributed by atoms with Gasteiger partial charge in [0, 0.05) is 37.3 Å². The largest absolute Gasteiger partial charge is 0.351 e. The molecule has 1 aliphatic rings. The van der Waals surface area contributed by atoms with Crippen LogP contribution < -0.4 is 0 Å². The maximum absolute atomic E-state index is 12.7. The van der Waals surface area contributed by atoms with Gasteiger partial charge >= 0.3 is 0 Å². The summed E-state index contributed by atoms with van der Waals surface area (Å²) in [6, 6.07) is 7.33. The molecule has 0 atom stereocenters. The molecule has 0 unspecified atom stereocenters. The topological polar surface area (TPSA) is 97.4 Å². The molecule has 0 N–H and O–H groups in total. The Morgan fingerprint density at radius 1 is 1.13 bits per heavy atom. The minimum Gasteiger partial charge on any atom is -0.351 e. The van der Waals surface area contributed by atoms with Gasteiger partial charge in [-0.1, -0.05) is 34.6 Å². The van der Waals surface area contributed by atoms with Crippen LogP contribution in [0.2, 0.25) is 5.02 Å². The van der Waals surface area contributed by atoms with Gasteiger partial charge in [0.1, 0.15) is 6.33 Å². The van der Waals surface area contributed by atoms with E-state index in [4.69, 9.17) is 16.1 Å². The lowest BCUT2D eigenvalue weighted by Gasteiger charge is -2.34. The predicted molar refractivity (Wildman–Crippen MR) is 116 cm³/mol. The quantitative estimate of drug-likeness (QED) is 0.540. The van der Waals surface area contributed by atoms with Crippen molar-refractivity contribution in [2.75, 3.05) is 31.9 Å². The van der Waals surface area contributed by atoms with E-state index < -0.39 is 0 Å². The lowest BCUT2D eigenvalue weighted by Crippen LogP contribution is -2.51. The first-order valence-corrected chi connectivity index (χ1v) is 11.1. The molecule has 0 aliphatic carbocycles. The van der Waals surface area contributed by atoms with Crippen molar-refractivity contribution in [1.29, 1.82) is 0 Å². The second-order valence-corrected chi connectivity index (χ2v) is 8.56. The van der Waals surface area contributed by atoms with E-state index in [1.807, 2.05) is 25.1 Å². The second-order valence-electron chi connectivity index (χ2n) is 7.21. The highest BCUT2D eigenvalue weighted by molar-refractivity contribution is 7.99.